The second-order valence-corrected chi connectivity index (χ2v) is 5.84. The number of rotatable bonds is 7. The summed E-state index contributed by atoms with van der Waals surface area (Å²) >= 11 is 6.18. The van der Waals surface area contributed by atoms with Gasteiger partial charge in [0.1, 0.15) is 6.61 Å². The maximum Gasteiger partial charge on any atom is 0.275 e. The number of benzene rings is 2. The van der Waals surface area contributed by atoms with Gasteiger partial charge in [-0.25, -0.2) is 5.48 Å². The molecule has 0 saturated heterocycles. The molecule has 8 nitrogen and oxygen atoms in total. The number of hydrogen-bond donors (Lipinski definition) is 1. The normalized spacial score (nSPS) is 11.9. The molecule has 2 aromatic rings. The number of methoxy groups -OCH3 is 3. The molecule has 0 radical (unpaired) electrons. The molecular formula is C18H18ClNO7. The summed E-state index contributed by atoms with van der Waals surface area (Å²) in [7, 11) is 4.42. The van der Waals surface area contributed by atoms with Crippen molar-refractivity contribution in [2.45, 2.75) is 6.61 Å². The molecule has 1 amide bonds. The van der Waals surface area contributed by atoms with Crippen LogP contribution in [0.3, 0.4) is 0 Å². The number of amides is 1. The number of carbonyl (C=O) groups is 1. The molecule has 0 spiro atoms. The Hall–Kier alpha value is -2.84. The topological polar surface area (TPSA) is 84.5 Å². The van der Waals surface area contributed by atoms with Crippen LogP contribution in [-0.4, -0.2) is 34.0 Å². The fourth-order valence-electron chi connectivity index (χ4n) is 2.52. The molecule has 0 saturated carbocycles. The van der Waals surface area contributed by atoms with Crippen LogP contribution >= 0.6 is 11.6 Å². The number of ether oxygens (including phenoxy) is 5. The molecule has 3 rings (SSSR count). The number of hydrogen-bond acceptors (Lipinski definition) is 7. The van der Waals surface area contributed by atoms with E-state index in [0.717, 1.165) is 0 Å². The van der Waals surface area contributed by atoms with E-state index in [9.17, 15) is 4.79 Å². The first-order valence-corrected chi connectivity index (χ1v) is 8.25. The van der Waals surface area contributed by atoms with E-state index >= 15 is 0 Å². The molecule has 27 heavy (non-hydrogen) atoms. The van der Waals surface area contributed by atoms with Crippen LogP contribution in [0.25, 0.3) is 0 Å². The average Bonchev–Trinajstić information content (AvgIpc) is 3.13. The Kier molecular flexibility index (Phi) is 5.78. The highest BCUT2D eigenvalue weighted by Crippen LogP contribution is 2.38. The third-order valence-electron chi connectivity index (χ3n) is 3.86. The predicted octanol–water partition coefficient (Wildman–Crippen LogP) is 2.96. The number of fused-ring (bicyclic) bond motifs is 1. The quantitative estimate of drug-likeness (QED) is 0.721. The summed E-state index contributed by atoms with van der Waals surface area (Å²) in [5, 5.41) is 0.446. The molecule has 2 aromatic carbocycles. The van der Waals surface area contributed by atoms with Gasteiger partial charge in [-0.1, -0.05) is 11.6 Å². The molecule has 0 aromatic heterocycles. The average molecular weight is 396 g/mol. The zero-order valence-corrected chi connectivity index (χ0v) is 15.7. The Bertz CT molecular complexity index is 831. The van der Waals surface area contributed by atoms with E-state index in [-0.39, 0.29) is 19.0 Å². The summed E-state index contributed by atoms with van der Waals surface area (Å²) in [6, 6.07) is 6.39. The van der Waals surface area contributed by atoms with Gasteiger partial charge in [0.05, 0.1) is 26.4 Å². The van der Waals surface area contributed by atoms with E-state index in [2.05, 4.69) is 5.48 Å². The molecule has 0 fully saturated rings. The molecule has 9 heteroatoms. The Labute approximate surface area is 160 Å². The van der Waals surface area contributed by atoms with Crippen LogP contribution < -0.4 is 29.2 Å². The smallest absolute Gasteiger partial charge is 0.275 e. The summed E-state index contributed by atoms with van der Waals surface area (Å²) in [6.45, 7) is 0.194. The molecule has 0 atom stereocenters. The Balaban J connectivity index is 1.68. The Morgan fingerprint density at radius 1 is 1.04 bits per heavy atom. The fourth-order valence-corrected chi connectivity index (χ4v) is 2.73. The highest BCUT2D eigenvalue weighted by Gasteiger charge is 2.19. The van der Waals surface area contributed by atoms with Gasteiger partial charge < -0.3 is 23.7 Å². The van der Waals surface area contributed by atoms with Crippen molar-refractivity contribution < 1.29 is 33.3 Å². The minimum absolute atomic E-state index is 0.0473. The lowest BCUT2D eigenvalue weighted by molar-refractivity contribution is 0.0233. The molecule has 0 bridgehead atoms. The fraction of sp³-hybridized carbons (Fsp3) is 0.278. The zero-order valence-electron chi connectivity index (χ0n) is 15.0. The Morgan fingerprint density at radius 2 is 1.67 bits per heavy atom. The van der Waals surface area contributed by atoms with Gasteiger partial charge in [-0.15, -0.1) is 0 Å². The van der Waals surface area contributed by atoms with Crippen molar-refractivity contribution in [3.05, 3.63) is 40.4 Å². The molecule has 1 N–H and O–H groups in total. The summed E-state index contributed by atoms with van der Waals surface area (Å²) < 4.78 is 26.2. The van der Waals surface area contributed by atoms with Crippen LogP contribution in [0.1, 0.15) is 15.9 Å². The van der Waals surface area contributed by atoms with E-state index in [1.807, 2.05) is 0 Å². The van der Waals surface area contributed by atoms with Crippen LogP contribution in [0.15, 0.2) is 24.3 Å². The van der Waals surface area contributed by atoms with Gasteiger partial charge in [0.15, 0.2) is 23.0 Å². The van der Waals surface area contributed by atoms with Crippen molar-refractivity contribution in [1.29, 1.82) is 0 Å². The van der Waals surface area contributed by atoms with Gasteiger partial charge in [-0.05, 0) is 18.2 Å². The Morgan fingerprint density at radius 3 is 2.26 bits per heavy atom. The minimum atomic E-state index is -0.480. The standard InChI is InChI=1S/C18H18ClNO7/c1-22-15-4-10(5-16(23-2)17(15)24-3)18(21)20-27-8-11-6-13-14(7-12(11)19)26-9-25-13/h4-7H,8-9H2,1-3H3,(H,20,21). The summed E-state index contributed by atoms with van der Waals surface area (Å²) in [4.78, 5) is 17.7. The number of nitrogens with one attached hydrogen (secondary N) is 1. The van der Waals surface area contributed by atoms with E-state index in [1.165, 1.54) is 33.5 Å². The third kappa shape index (κ3) is 3.96. The predicted molar refractivity (Wildman–Crippen MR) is 95.9 cm³/mol. The monoisotopic (exact) mass is 395 g/mol. The summed E-state index contributed by atoms with van der Waals surface area (Å²) in [5.74, 6) is 1.79. The first kappa shape index (κ1) is 18.9. The summed E-state index contributed by atoms with van der Waals surface area (Å²) in [6.07, 6.45) is 0. The van der Waals surface area contributed by atoms with Crippen molar-refractivity contribution in [1.82, 2.24) is 5.48 Å². The van der Waals surface area contributed by atoms with Crippen molar-refractivity contribution >= 4 is 17.5 Å². The number of carbonyl (C=O) groups excluding carboxylic acids is 1. The van der Waals surface area contributed by atoms with Crippen molar-refractivity contribution in [2.75, 3.05) is 28.1 Å². The summed E-state index contributed by atoms with van der Waals surface area (Å²) in [5.41, 5.74) is 3.28. The van der Waals surface area contributed by atoms with Crippen LogP contribution in [-0.2, 0) is 11.4 Å². The van der Waals surface area contributed by atoms with E-state index < -0.39 is 5.91 Å². The van der Waals surface area contributed by atoms with Crippen molar-refractivity contribution in [3.8, 4) is 28.7 Å². The maximum absolute atomic E-state index is 12.4. The second-order valence-electron chi connectivity index (χ2n) is 5.43. The molecule has 144 valence electrons. The van der Waals surface area contributed by atoms with Gasteiger partial charge in [0, 0.05) is 17.2 Å². The third-order valence-corrected chi connectivity index (χ3v) is 4.21. The lowest BCUT2D eigenvalue weighted by Gasteiger charge is -2.14. The van der Waals surface area contributed by atoms with E-state index in [1.54, 1.807) is 12.1 Å². The minimum Gasteiger partial charge on any atom is -0.493 e. The van der Waals surface area contributed by atoms with Crippen molar-refractivity contribution in [2.24, 2.45) is 0 Å². The van der Waals surface area contributed by atoms with Crippen LogP contribution in [0.4, 0.5) is 0 Å². The lowest BCUT2D eigenvalue weighted by atomic mass is 10.1. The number of halogens is 1. The van der Waals surface area contributed by atoms with E-state index in [4.69, 9.17) is 40.1 Å². The molecule has 0 aliphatic carbocycles. The second kappa shape index (κ2) is 8.24. The van der Waals surface area contributed by atoms with Crippen LogP contribution in [0.5, 0.6) is 28.7 Å². The van der Waals surface area contributed by atoms with Gasteiger partial charge >= 0.3 is 0 Å². The SMILES string of the molecule is COc1cc(C(=O)NOCc2cc3c(cc2Cl)OCO3)cc(OC)c1OC. The van der Waals surface area contributed by atoms with Crippen molar-refractivity contribution in [3.63, 3.8) is 0 Å². The van der Waals surface area contributed by atoms with E-state index in [0.29, 0.717) is 39.3 Å². The largest absolute Gasteiger partial charge is 0.493 e. The van der Waals surface area contributed by atoms with Gasteiger partial charge in [-0.2, -0.15) is 0 Å². The molecule has 0 unspecified atom stereocenters. The lowest BCUT2D eigenvalue weighted by Crippen LogP contribution is -2.23. The highest BCUT2D eigenvalue weighted by molar-refractivity contribution is 6.31. The maximum atomic E-state index is 12.4. The van der Waals surface area contributed by atoms with Crippen LogP contribution in [0.2, 0.25) is 5.02 Å². The first-order chi connectivity index (χ1) is 13.1. The van der Waals surface area contributed by atoms with Gasteiger partial charge in [0.25, 0.3) is 5.91 Å². The highest BCUT2D eigenvalue weighted by atomic mass is 35.5. The molecule has 1 aliphatic heterocycles. The molecule has 1 heterocycles. The van der Waals surface area contributed by atoms with Gasteiger partial charge in [-0.3, -0.25) is 9.63 Å². The van der Waals surface area contributed by atoms with Crippen LogP contribution in [0, 0.1) is 0 Å². The van der Waals surface area contributed by atoms with Gasteiger partial charge in [0.2, 0.25) is 12.5 Å². The number of hydroxylamine groups is 1. The molecular weight excluding hydrogens is 378 g/mol. The first-order valence-electron chi connectivity index (χ1n) is 7.87. The molecule has 1 aliphatic rings. The zero-order chi connectivity index (χ0) is 19.4.